The van der Waals surface area contributed by atoms with E-state index in [2.05, 4.69) is 0 Å². The number of amides is 1. The number of para-hydroxylation sites is 1. The third-order valence-electron chi connectivity index (χ3n) is 3.75. The Kier molecular flexibility index (Phi) is 4.22. The standard InChI is InChI=1S/C14H19N3O3/c1-10-4-2-6-12(14(10)17(19)20)16-7-3-5-11(9-16)8-13(15)18/h2,4,6,11H,3,5,7-9H2,1H3,(H2,15,18)/t11-/m0/s1. The molecule has 0 spiro atoms. The zero-order valence-electron chi connectivity index (χ0n) is 11.5. The molecule has 2 rings (SSSR count). The number of aryl methyl sites for hydroxylation is 1. The Bertz CT molecular complexity index is 530. The number of nitrogens with zero attached hydrogens (tertiary/aromatic N) is 2. The molecule has 0 radical (unpaired) electrons. The van der Waals surface area contributed by atoms with Crippen LogP contribution in [-0.2, 0) is 4.79 Å². The van der Waals surface area contributed by atoms with Gasteiger partial charge in [-0.3, -0.25) is 14.9 Å². The summed E-state index contributed by atoms with van der Waals surface area (Å²) in [5.74, 6) is -0.128. The highest BCUT2D eigenvalue weighted by molar-refractivity contribution is 5.74. The second-order valence-corrected chi connectivity index (χ2v) is 5.32. The fourth-order valence-corrected chi connectivity index (χ4v) is 2.87. The first-order valence-electron chi connectivity index (χ1n) is 6.76. The lowest BCUT2D eigenvalue weighted by Crippen LogP contribution is -2.37. The van der Waals surface area contributed by atoms with Crippen molar-refractivity contribution in [3.05, 3.63) is 33.9 Å². The van der Waals surface area contributed by atoms with Gasteiger partial charge in [0.2, 0.25) is 5.91 Å². The number of rotatable bonds is 4. The van der Waals surface area contributed by atoms with Gasteiger partial charge in [0.05, 0.1) is 4.92 Å². The molecule has 0 aromatic heterocycles. The van der Waals surface area contributed by atoms with Crippen LogP contribution in [0.1, 0.15) is 24.8 Å². The minimum Gasteiger partial charge on any atom is -0.370 e. The average Bonchev–Trinajstić information content (AvgIpc) is 2.37. The quantitative estimate of drug-likeness (QED) is 0.673. The fourth-order valence-electron chi connectivity index (χ4n) is 2.87. The molecule has 0 unspecified atom stereocenters. The number of primary amides is 1. The summed E-state index contributed by atoms with van der Waals surface area (Å²) in [6.07, 6.45) is 2.21. The Labute approximate surface area is 117 Å². The summed E-state index contributed by atoms with van der Waals surface area (Å²) in [7, 11) is 0. The van der Waals surface area contributed by atoms with E-state index in [0.717, 1.165) is 19.4 Å². The minimum atomic E-state index is -0.331. The van der Waals surface area contributed by atoms with E-state index in [0.29, 0.717) is 24.2 Å². The maximum absolute atomic E-state index is 11.2. The molecule has 1 aromatic rings. The zero-order valence-corrected chi connectivity index (χ0v) is 11.5. The van der Waals surface area contributed by atoms with Gasteiger partial charge in [-0.2, -0.15) is 0 Å². The molecule has 1 heterocycles. The van der Waals surface area contributed by atoms with Crippen molar-refractivity contribution < 1.29 is 9.72 Å². The van der Waals surface area contributed by atoms with Crippen molar-refractivity contribution in [2.45, 2.75) is 26.2 Å². The summed E-state index contributed by atoms with van der Waals surface area (Å²) in [5, 5.41) is 11.2. The number of hydrogen-bond donors (Lipinski definition) is 1. The first kappa shape index (κ1) is 14.3. The molecule has 1 aliphatic heterocycles. The number of hydrogen-bond acceptors (Lipinski definition) is 4. The van der Waals surface area contributed by atoms with Gasteiger partial charge in [-0.25, -0.2) is 0 Å². The molecular weight excluding hydrogens is 258 g/mol. The van der Waals surface area contributed by atoms with Crippen LogP contribution < -0.4 is 10.6 Å². The average molecular weight is 277 g/mol. The van der Waals surface area contributed by atoms with Crippen LogP contribution in [0.4, 0.5) is 11.4 Å². The molecule has 0 bridgehead atoms. The van der Waals surface area contributed by atoms with E-state index in [-0.39, 0.29) is 22.4 Å². The predicted molar refractivity (Wildman–Crippen MR) is 76.6 cm³/mol. The smallest absolute Gasteiger partial charge is 0.295 e. The lowest BCUT2D eigenvalue weighted by Gasteiger charge is -2.33. The highest BCUT2D eigenvalue weighted by atomic mass is 16.6. The van der Waals surface area contributed by atoms with Gasteiger partial charge >= 0.3 is 0 Å². The van der Waals surface area contributed by atoms with Crippen LogP contribution in [-0.4, -0.2) is 23.9 Å². The van der Waals surface area contributed by atoms with E-state index >= 15 is 0 Å². The lowest BCUT2D eigenvalue weighted by molar-refractivity contribution is -0.384. The number of nitrogens with two attached hydrogens (primary N) is 1. The van der Waals surface area contributed by atoms with Crippen molar-refractivity contribution in [3.63, 3.8) is 0 Å². The number of piperidine rings is 1. The van der Waals surface area contributed by atoms with Crippen molar-refractivity contribution in [1.29, 1.82) is 0 Å². The van der Waals surface area contributed by atoms with Crippen LogP contribution >= 0.6 is 0 Å². The number of nitro groups is 1. The molecule has 6 nitrogen and oxygen atoms in total. The monoisotopic (exact) mass is 277 g/mol. The predicted octanol–water partition coefficient (Wildman–Crippen LogP) is 2.00. The fraction of sp³-hybridized carbons (Fsp3) is 0.500. The molecule has 108 valence electrons. The maximum atomic E-state index is 11.2. The molecule has 2 N–H and O–H groups in total. The van der Waals surface area contributed by atoms with Crippen LogP contribution in [0.3, 0.4) is 0 Å². The van der Waals surface area contributed by atoms with E-state index in [1.807, 2.05) is 11.0 Å². The summed E-state index contributed by atoms with van der Waals surface area (Å²) in [5.41, 5.74) is 6.70. The highest BCUT2D eigenvalue weighted by Gasteiger charge is 2.27. The molecule has 6 heteroatoms. The summed E-state index contributed by atoms with van der Waals surface area (Å²) < 4.78 is 0. The Hall–Kier alpha value is -2.11. The SMILES string of the molecule is Cc1cccc(N2CCC[C@@H](CC(N)=O)C2)c1[N+](=O)[O-]. The number of nitro benzene ring substituents is 1. The van der Waals surface area contributed by atoms with Gasteiger partial charge in [-0.1, -0.05) is 12.1 Å². The molecule has 1 saturated heterocycles. The largest absolute Gasteiger partial charge is 0.370 e. The Morgan fingerprint density at radius 1 is 1.55 bits per heavy atom. The van der Waals surface area contributed by atoms with Gasteiger partial charge in [0, 0.05) is 25.1 Å². The van der Waals surface area contributed by atoms with Gasteiger partial charge < -0.3 is 10.6 Å². The van der Waals surface area contributed by atoms with Crippen molar-refractivity contribution in [2.75, 3.05) is 18.0 Å². The van der Waals surface area contributed by atoms with E-state index in [1.165, 1.54) is 0 Å². The van der Waals surface area contributed by atoms with Crippen molar-refractivity contribution in [1.82, 2.24) is 0 Å². The number of carbonyl (C=O) groups is 1. The number of benzene rings is 1. The van der Waals surface area contributed by atoms with Crippen LogP contribution in [0.15, 0.2) is 18.2 Å². The Morgan fingerprint density at radius 2 is 2.30 bits per heavy atom. The van der Waals surface area contributed by atoms with Gasteiger partial charge in [-0.15, -0.1) is 0 Å². The third-order valence-corrected chi connectivity index (χ3v) is 3.75. The molecule has 1 fully saturated rings. The summed E-state index contributed by atoms with van der Waals surface area (Å²) in [4.78, 5) is 24.0. The first-order chi connectivity index (χ1) is 9.49. The summed E-state index contributed by atoms with van der Waals surface area (Å²) in [6, 6.07) is 5.35. The number of carbonyl (C=O) groups excluding carboxylic acids is 1. The van der Waals surface area contributed by atoms with Gasteiger partial charge in [0.1, 0.15) is 5.69 Å². The Balaban J connectivity index is 2.25. The normalized spacial score (nSPS) is 18.9. The first-order valence-corrected chi connectivity index (χ1v) is 6.76. The zero-order chi connectivity index (χ0) is 14.7. The van der Waals surface area contributed by atoms with Crippen LogP contribution in [0.2, 0.25) is 0 Å². The van der Waals surface area contributed by atoms with Crippen molar-refractivity contribution >= 4 is 17.3 Å². The van der Waals surface area contributed by atoms with Gasteiger partial charge in [0.25, 0.3) is 5.69 Å². The second kappa shape index (κ2) is 5.90. The van der Waals surface area contributed by atoms with E-state index in [4.69, 9.17) is 5.73 Å². The van der Waals surface area contributed by atoms with Gasteiger partial charge in [0.15, 0.2) is 0 Å². The third kappa shape index (κ3) is 3.07. The van der Waals surface area contributed by atoms with Crippen molar-refractivity contribution in [2.24, 2.45) is 11.7 Å². The topological polar surface area (TPSA) is 89.5 Å². The molecule has 1 aromatic carbocycles. The number of anilines is 1. The van der Waals surface area contributed by atoms with Crippen LogP contribution in [0.5, 0.6) is 0 Å². The highest BCUT2D eigenvalue weighted by Crippen LogP contribution is 2.34. The van der Waals surface area contributed by atoms with Crippen LogP contribution in [0.25, 0.3) is 0 Å². The molecule has 1 amide bonds. The molecular formula is C14H19N3O3. The second-order valence-electron chi connectivity index (χ2n) is 5.32. The van der Waals surface area contributed by atoms with Crippen molar-refractivity contribution in [3.8, 4) is 0 Å². The molecule has 1 aliphatic rings. The van der Waals surface area contributed by atoms with Crippen LogP contribution in [0, 0.1) is 23.0 Å². The molecule has 0 saturated carbocycles. The minimum absolute atomic E-state index is 0.159. The lowest BCUT2D eigenvalue weighted by atomic mass is 9.94. The molecule has 1 atom stereocenters. The van der Waals surface area contributed by atoms with E-state index < -0.39 is 0 Å². The van der Waals surface area contributed by atoms with Gasteiger partial charge in [-0.05, 0) is 31.7 Å². The molecule has 0 aliphatic carbocycles. The Morgan fingerprint density at radius 3 is 2.95 bits per heavy atom. The summed E-state index contributed by atoms with van der Waals surface area (Å²) >= 11 is 0. The summed E-state index contributed by atoms with van der Waals surface area (Å²) in [6.45, 7) is 3.17. The molecule has 20 heavy (non-hydrogen) atoms. The van der Waals surface area contributed by atoms with E-state index in [1.54, 1.807) is 19.1 Å². The van der Waals surface area contributed by atoms with E-state index in [9.17, 15) is 14.9 Å². The maximum Gasteiger partial charge on any atom is 0.295 e.